The van der Waals surface area contributed by atoms with E-state index in [-0.39, 0.29) is 6.61 Å². The van der Waals surface area contributed by atoms with Crippen LogP contribution in [-0.4, -0.2) is 9.91 Å². The zero-order chi connectivity index (χ0) is 14.5. The van der Waals surface area contributed by atoms with Crippen molar-refractivity contribution in [1.29, 1.82) is 0 Å². The molecule has 0 saturated carbocycles. The van der Waals surface area contributed by atoms with E-state index in [1.807, 2.05) is 0 Å². The number of ether oxygens (including phenoxy) is 1. The van der Waals surface area contributed by atoms with Gasteiger partial charge in [0.2, 0.25) is 5.82 Å². The van der Waals surface area contributed by atoms with Crippen molar-refractivity contribution in [2.75, 3.05) is 0 Å². The SMILES string of the molecule is O=[N+]([O-])c1ccc(COc2ccc(CCl)nc2)cc1F. The lowest BCUT2D eigenvalue weighted by Crippen LogP contribution is -1.99. The van der Waals surface area contributed by atoms with E-state index < -0.39 is 16.4 Å². The molecule has 5 nitrogen and oxygen atoms in total. The fourth-order valence-corrected chi connectivity index (χ4v) is 1.69. The number of halogens is 2. The fourth-order valence-electron chi connectivity index (χ4n) is 1.53. The van der Waals surface area contributed by atoms with Crippen molar-refractivity contribution in [3.8, 4) is 5.75 Å². The Labute approximate surface area is 119 Å². The molecule has 0 fully saturated rings. The molecule has 1 heterocycles. The highest BCUT2D eigenvalue weighted by Crippen LogP contribution is 2.19. The quantitative estimate of drug-likeness (QED) is 0.481. The summed E-state index contributed by atoms with van der Waals surface area (Å²) in [4.78, 5) is 13.8. The van der Waals surface area contributed by atoms with Gasteiger partial charge < -0.3 is 4.74 Å². The second kappa shape index (κ2) is 6.29. The van der Waals surface area contributed by atoms with Crippen LogP contribution in [0.4, 0.5) is 10.1 Å². The summed E-state index contributed by atoms with van der Waals surface area (Å²) in [6.45, 7) is 0.0941. The van der Waals surface area contributed by atoms with Crippen LogP contribution in [0, 0.1) is 15.9 Å². The monoisotopic (exact) mass is 296 g/mol. The Morgan fingerprint density at radius 3 is 2.70 bits per heavy atom. The number of hydrogen-bond acceptors (Lipinski definition) is 4. The van der Waals surface area contributed by atoms with Crippen LogP contribution in [0.25, 0.3) is 0 Å². The van der Waals surface area contributed by atoms with E-state index in [4.69, 9.17) is 16.3 Å². The molecule has 1 aromatic carbocycles. The predicted octanol–water partition coefficient (Wildman–Crippen LogP) is 3.45. The van der Waals surface area contributed by atoms with Gasteiger partial charge in [0.1, 0.15) is 12.4 Å². The maximum atomic E-state index is 13.4. The molecule has 0 amide bonds. The Kier molecular flexibility index (Phi) is 4.47. The smallest absolute Gasteiger partial charge is 0.304 e. The molecule has 0 radical (unpaired) electrons. The van der Waals surface area contributed by atoms with Crippen LogP contribution < -0.4 is 4.74 Å². The molecule has 0 saturated heterocycles. The van der Waals surface area contributed by atoms with Crippen molar-refractivity contribution < 1.29 is 14.1 Å². The Hall–Kier alpha value is -2.21. The van der Waals surface area contributed by atoms with Gasteiger partial charge >= 0.3 is 5.69 Å². The first-order valence-corrected chi connectivity index (χ1v) is 6.20. The molecular weight excluding hydrogens is 287 g/mol. The third kappa shape index (κ3) is 3.42. The lowest BCUT2D eigenvalue weighted by molar-refractivity contribution is -0.387. The molecule has 0 aliphatic heterocycles. The van der Waals surface area contributed by atoms with E-state index in [0.717, 1.165) is 17.8 Å². The summed E-state index contributed by atoms with van der Waals surface area (Å²) in [7, 11) is 0. The molecular formula is C13H10ClFN2O3. The van der Waals surface area contributed by atoms with Crippen LogP contribution in [0.1, 0.15) is 11.3 Å². The van der Waals surface area contributed by atoms with Crippen LogP contribution in [0.2, 0.25) is 0 Å². The third-order valence-corrected chi connectivity index (χ3v) is 2.82. The average molecular weight is 297 g/mol. The van der Waals surface area contributed by atoms with Gasteiger partial charge in [-0.15, -0.1) is 11.6 Å². The Balaban J connectivity index is 2.03. The van der Waals surface area contributed by atoms with Gasteiger partial charge in [0.25, 0.3) is 0 Å². The van der Waals surface area contributed by atoms with E-state index in [1.54, 1.807) is 12.1 Å². The summed E-state index contributed by atoms with van der Waals surface area (Å²) in [5.41, 5.74) is 0.664. The predicted molar refractivity (Wildman–Crippen MR) is 71.2 cm³/mol. The largest absolute Gasteiger partial charge is 0.487 e. The molecule has 2 aromatic rings. The number of hydrogen-bond donors (Lipinski definition) is 0. The van der Waals surface area contributed by atoms with Gasteiger partial charge in [0, 0.05) is 6.07 Å². The zero-order valence-corrected chi connectivity index (χ0v) is 11.0. The Morgan fingerprint density at radius 1 is 1.35 bits per heavy atom. The minimum absolute atomic E-state index is 0.0941. The maximum Gasteiger partial charge on any atom is 0.304 e. The van der Waals surface area contributed by atoms with Crippen molar-refractivity contribution in [3.05, 3.63) is 63.7 Å². The molecule has 0 spiro atoms. The number of nitrogens with zero attached hydrogens (tertiary/aromatic N) is 2. The Morgan fingerprint density at radius 2 is 2.15 bits per heavy atom. The molecule has 0 N–H and O–H groups in total. The van der Waals surface area contributed by atoms with Crippen molar-refractivity contribution in [1.82, 2.24) is 4.98 Å². The lowest BCUT2D eigenvalue weighted by atomic mass is 10.2. The number of alkyl halides is 1. The average Bonchev–Trinajstić information content (AvgIpc) is 2.45. The van der Waals surface area contributed by atoms with Gasteiger partial charge in [-0.25, -0.2) is 0 Å². The molecule has 0 aliphatic rings. The summed E-state index contributed by atoms with van der Waals surface area (Å²) in [5.74, 6) is -0.0576. The number of benzene rings is 1. The van der Waals surface area contributed by atoms with Gasteiger partial charge in [-0.05, 0) is 29.8 Å². The molecule has 0 unspecified atom stereocenters. The van der Waals surface area contributed by atoms with E-state index in [0.29, 0.717) is 17.2 Å². The summed E-state index contributed by atoms with van der Waals surface area (Å²) >= 11 is 5.61. The molecule has 104 valence electrons. The minimum Gasteiger partial charge on any atom is -0.487 e. The molecule has 0 atom stereocenters. The van der Waals surface area contributed by atoms with Crippen molar-refractivity contribution in [2.45, 2.75) is 12.5 Å². The third-order valence-electron chi connectivity index (χ3n) is 2.55. The fraction of sp³-hybridized carbons (Fsp3) is 0.154. The van der Waals surface area contributed by atoms with Crippen LogP contribution in [0.5, 0.6) is 5.75 Å². The molecule has 2 rings (SSSR count). The van der Waals surface area contributed by atoms with Gasteiger partial charge in [0.15, 0.2) is 0 Å². The lowest BCUT2D eigenvalue weighted by Gasteiger charge is -2.06. The van der Waals surface area contributed by atoms with Gasteiger partial charge in [0.05, 0.1) is 22.7 Å². The first kappa shape index (κ1) is 14.2. The standard InChI is InChI=1S/C13H10ClFN2O3/c14-6-10-2-3-11(7-16-10)20-8-9-1-4-13(17(18)19)12(15)5-9/h1-5,7H,6,8H2. The van der Waals surface area contributed by atoms with Crippen LogP contribution in [-0.2, 0) is 12.5 Å². The normalized spacial score (nSPS) is 10.3. The second-order valence-corrected chi connectivity index (χ2v) is 4.22. The van der Waals surface area contributed by atoms with E-state index in [9.17, 15) is 14.5 Å². The van der Waals surface area contributed by atoms with Gasteiger partial charge in [-0.1, -0.05) is 0 Å². The van der Waals surface area contributed by atoms with Crippen LogP contribution >= 0.6 is 11.6 Å². The number of aromatic nitrogens is 1. The molecule has 1 aromatic heterocycles. The van der Waals surface area contributed by atoms with E-state index in [2.05, 4.69) is 4.98 Å². The molecule has 0 aliphatic carbocycles. The summed E-state index contributed by atoms with van der Waals surface area (Å²) < 4.78 is 18.8. The highest BCUT2D eigenvalue weighted by molar-refractivity contribution is 6.16. The maximum absolute atomic E-state index is 13.4. The second-order valence-electron chi connectivity index (χ2n) is 3.95. The summed E-state index contributed by atoms with van der Waals surface area (Å²) in [6.07, 6.45) is 1.51. The highest BCUT2D eigenvalue weighted by Gasteiger charge is 2.13. The zero-order valence-electron chi connectivity index (χ0n) is 10.3. The van der Waals surface area contributed by atoms with Gasteiger partial charge in [-0.2, -0.15) is 4.39 Å². The van der Waals surface area contributed by atoms with Crippen LogP contribution in [0.3, 0.4) is 0 Å². The van der Waals surface area contributed by atoms with E-state index >= 15 is 0 Å². The molecule has 0 bridgehead atoms. The highest BCUT2D eigenvalue weighted by atomic mass is 35.5. The first-order valence-electron chi connectivity index (χ1n) is 5.66. The molecule has 7 heteroatoms. The Bertz CT molecular complexity index is 620. The number of rotatable bonds is 5. The van der Waals surface area contributed by atoms with Crippen LogP contribution in [0.15, 0.2) is 36.5 Å². The first-order chi connectivity index (χ1) is 9.60. The van der Waals surface area contributed by atoms with E-state index in [1.165, 1.54) is 12.3 Å². The van der Waals surface area contributed by atoms with Crippen molar-refractivity contribution in [3.63, 3.8) is 0 Å². The summed E-state index contributed by atoms with van der Waals surface area (Å²) in [5, 5.41) is 10.5. The number of nitro groups is 1. The topological polar surface area (TPSA) is 65.3 Å². The minimum atomic E-state index is -0.883. The molecule has 20 heavy (non-hydrogen) atoms. The number of pyridine rings is 1. The summed E-state index contributed by atoms with van der Waals surface area (Å²) in [6, 6.07) is 7.06. The van der Waals surface area contributed by atoms with Crippen molar-refractivity contribution >= 4 is 17.3 Å². The van der Waals surface area contributed by atoms with Gasteiger partial charge in [-0.3, -0.25) is 15.1 Å². The number of nitro benzene ring substituents is 1. The van der Waals surface area contributed by atoms with Crippen molar-refractivity contribution in [2.24, 2.45) is 0 Å².